The van der Waals surface area contributed by atoms with Crippen molar-refractivity contribution < 1.29 is 0 Å². The van der Waals surface area contributed by atoms with Crippen molar-refractivity contribution in [3.05, 3.63) is 34.4 Å². The molecule has 88 valence electrons. The molecule has 1 aliphatic carbocycles. The van der Waals surface area contributed by atoms with Crippen molar-refractivity contribution in [1.29, 1.82) is 0 Å². The molecule has 0 N–H and O–H groups in total. The Bertz CT molecular complexity index is 367. The van der Waals surface area contributed by atoms with Gasteiger partial charge in [0.2, 0.25) is 0 Å². The van der Waals surface area contributed by atoms with Crippen LogP contribution < -0.4 is 0 Å². The summed E-state index contributed by atoms with van der Waals surface area (Å²) in [4.78, 5) is 0. The van der Waals surface area contributed by atoms with Gasteiger partial charge in [0.1, 0.15) is 0 Å². The van der Waals surface area contributed by atoms with Gasteiger partial charge in [0.05, 0.1) is 5.38 Å². The van der Waals surface area contributed by atoms with E-state index >= 15 is 0 Å². The molecule has 0 spiro atoms. The quantitative estimate of drug-likeness (QED) is 0.653. The first kappa shape index (κ1) is 12.0. The molecule has 2 rings (SSSR count). The molecule has 2 atom stereocenters. The minimum atomic E-state index is 0.188. The van der Waals surface area contributed by atoms with Crippen molar-refractivity contribution in [2.24, 2.45) is 11.8 Å². The molecule has 1 aromatic carbocycles. The molecular weight excluding hydrogens is 216 g/mol. The Hall–Kier alpha value is -0.490. The van der Waals surface area contributed by atoms with Gasteiger partial charge in [-0.3, -0.25) is 0 Å². The van der Waals surface area contributed by atoms with Gasteiger partial charge in [-0.25, -0.2) is 0 Å². The zero-order chi connectivity index (χ0) is 11.9. The largest absolute Gasteiger partial charge is 0.118 e. The van der Waals surface area contributed by atoms with Crippen LogP contribution in [-0.2, 0) is 0 Å². The molecule has 0 radical (unpaired) electrons. The first-order chi connectivity index (χ1) is 7.50. The first-order valence-corrected chi connectivity index (χ1v) is 6.66. The van der Waals surface area contributed by atoms with Crippen molar-refractivity contribution in [3.8, 4) is 0 Å². The van der Waals surface area contributed by atoms with Crippen LogP contribution in [0.5, 0.6) is 0 Å². The second-order valence-corrected chi connectivity index (χ2v) is 5.88. The van der Waals surface area contributed by atoms with E-state index in [1.54, 1.807) is 0 Å². The topological polar surface area (TPSA) is 0 Å². The molecule has 0 heterocycles. The number of hydrogen-bond donors (Lipinski definition) is 0. The number of rotatable bonds is 3. The molecule has 1 fully saturated rings. The monoisotopic (exact) mass is 236 g/mol. The third-order valence-corrected chi connectivity index (χ3v) is 4.46. The summed E-state index contributed by atoms with van der Waals surface area (Å²) in [6.07, 6.45) is 2.74. The lowest BCUT2D eigenvalue weighted by atomic mass is 9.89. The number of benzene rings is 1. The third-order valence-electron chi connectivity index (χ3n) is 3.84. The fourth-order valence-corrected chi connectivity index (χ4v) is 3.30. The average molecular weight is 237 g/mol. The highest BCUT2D eigenvalue weighted by atomic mass is 35.5. The molecular formula is C15H21Cl. The van der Waals surface area contributed by atoms with Gasteiger partial charge in [-0.2, -0.15) is 0 Å². The van der Waals surface area contributed by atoms with E-state index in [2.05, 4.69) is 39.8 Å². The van der Waals surface area contributed by atoms with E-state index in [1.165, 1.54) is 35.1 Å². The van der Waals surface area contributed by atoms with Crippen LogP contribution in [-0.4, -0.2) is 0 Å². The summed E-state index contributed by atoms with van der Waals surface area (Å²) in [5.41, 5.74) is 5.41. The van der Waals surface area contributed by atoms with Crippen molar-refractivity contribution in [2.75, 3.05) is 0 Å². The molecule has 0 amide bonds. The highest BCUT2D eigenvalue weighted by molar-refractivity contribution is 6.21. The lowest BCUT2D eigenvalue weighted by Crippen LogP contribution is -2.09. The maximum atomic E-state index is 6.65. The van der Waals surface area contributed by atoms with Crippen LogP contribution in [0.2, 0.25) is 0 Å². The van der Waals surface area contributed by atoms with E-state index in [0.29, 0.717) is 5.92 Å². The van der Waals surface area contributed by atoms with Gasteiger partial charge in [-0.05, 0) is 62.1 Å². The maximum absolute atomic E-state index is 6.65. The van der Waals surface area contributed by atoms with Crippen molar-refractivity contribution >= 4 is 11.6 Å². The normalized spacial score (nSPS) is 19.6. The Labute approximate surface area is 104 Å². The van der Waals surface area contributed by atoms with E-state index in [0.717, 1.165) is 5.92 Å². The van der Waals surface area contributed by atoms with E-state index < -0.39 is 0 Å². The Morgan fingerprint density at radius 1 is 1.12 bits per heavy atom. The number of halogens is 1. The molecule has 2 unspecified atom stereocenters. The molecule has 0 nitrogen and oxygen atoms in total. The van der Waals surface area contributed by atoms with E-state index in [4.69, 9.17) is 11.6 Å². The number of hydrogen-bond acceptors (Lipinski definition) is 0. The SMILES string of the molecule is Cc1cc(C)c(C(Cl)C(C)C2CC2)c(C)c1. The Morgan fingerprint density at radius 3 is 2.06 bits per heavy atom. The van der Waals surface area contributed by atoms with Gasteiger partial charge in [0, 0.05) is 0 Å². The van der Waals surface area contributed by atoms with E-state index in [1.807, 2.05) is 0 Å². The van der Waals surface area contributed by atoms with E-state index in [9.17, 15) is 0 Å². The minimum Gasteiger partial charge on any atom is -0.118 e. The van der Waals surface area contributed by atoms with Gasteiger partial charge >= 0.3 is 0 Å². The summed E-state index contributed by atoms with van der Waals surface area (Å²) < 4.78 is 0. The van der Waals surface area contributed by atoms with Crippen LogP contribution in [0.3, 0.4) is 0 Å². The van der Waals surface area contributed by atoms with E-state index in [-0.39, 0.29) is 5.38 Å². The smallest absolute Gasteiger partial charge is 0.0618 e. The zero-order valence-electron chi connectivity index (χ0n) is 10.7. The number of aryl methyl sites for hydroxylation is 3. The standard InChI is InChI=1S/C15H21Cl/c1-9-7-10(2)14(11(3)8-9)15(16)12(4)13-5-6-13/h7-8,12-13,15H,5-6H2,1-4H3. The Morgan fingerprint density at radius 2 is 1.62 bits per heavy atom. The van der Waals surface area contributed by atoms with Crippen LogP contribution in [0, 0.1) is 32.6 Å². The van der Waals surface area contributed by atoms with Crippen LogP contribution in [0.15, 0.2) is 12.1 Å². The Kier molecular flexibility index (Phi) is 3.30. The fourth-order valence-electron chi connectivity index (χ4n) is 2.75. The summed E-state index contributed by atoms with van der Waals surface area (Å²) in [5.74, 6) is 1.48. The average Bonchev–Trinajstić information content (AvgIpc) is 2.97. The zero-order valence-corrected chi connectivity index (χ0v) is 11.4. The second-order valence-electron chi connectivity index (χ2n) is 5.41. The highest BCUT2D eigenvalue weighted by Crippen LogP contribution is 2.46. The summed E-state index contributed by atoms with van der Waals surface area (Å²) >= 11 is 6.65. The molecule has 16 heavy (non-hydrogen) atoms. The molecule has 0 bridgehead atoms. The first-order valence-electron chi connectivity index (χ1n) is 6.22. The van der Waals surface area contributed by atoms with Crippen molar-refractivity contribution in [1.82, 2.24) is 0 Å². The van der Waals surface area contributed by atoms with Crippen LogP contribution in [0.25, 0.3) is 0 Å². The lowest BCUT2D eigenvalue weighted by molar-refractivity contribution is 0.489. The molecule has 0 aromatic heterocycles. The van der Waals surface area contributed by atoms with Crippen molar-refractivity contribution in [3.63, 3.8) is 0 Å². The molecule has 1 aromatic rings. The highest BCUT2D eigenvalue weighted by Gasteiger charge is 2.34. The summed E-state index contributed by atoms with van der Waals surface area (Å²) in [7, 11) is 0. The van der Waals surface area contributed by atoms with Crippen LogP contribution >= 0.6 is 11.6 Å². The van der Waals surface area contributed by atoms with Gasteiger partial charge in [-0.1, -0.05) is 24.6 Å². The second kappa shape index (κ2) is 4.41. The molecule has 1 aliphatic rings. The third kappa shape index (κ3) is 2.27. The van der Waals surface area contributed by atoms with Crippen LogP contribution in [0.1, 0.15) is 47.4 Å². The molecule has 1 heteroatoms. The van der Waals surface area contributed by atoms with Crippen molar-refractivity contribution in [2.45, 2.75) is 45.9 Å². The lowest BCUT2D eigenvalue weighted by Gasteiger charge is -2.22. The predicted octanol–water partition coefficient (Wildman–Crippen LogP) is 4.94. The Balaban J connectivity index is 2.31. The minimum absolute atomic E-state index is 0.188. The molecule has 0 saturated heterocycles. The van der Waals surface area contributed by atoms with Gasteiger partial charge < -0.3 is 0 Å². The van der Waals surface area contributed by atoms with Crippen LogP contribution in [0.4, 0.5) is 0 Å². The fraction of sp³-hybridized carbons (Fsp3) is 0.600. The van der Waals surface area contributed by atoms with Gasteiger partial charge in [-0.15, -0.1) is 11.6 Å². The number of alkyl halides is 1. The molecule has 0 aliphatic heterocycles. The molecule has 1 saturated carbocycles. The maximum Gasteiger partial charge on any atom is 0.0618 e. The summed E-state index contributed by atoms with van der Waals surface area (Å²) in [5, 5.41) is 0.188. The summed E-state index contributed by atoms with van der Waals surface area (Å²) in [6, 6.07) is 4.49. The van der Waals surface area contributed by atoms with Gasteiger partial charge in [0.15, 0.2) is 0 Å². The predicted molar refractivity (Wildman–Crippen MR) is 71.1 cm³/mol. The summed E-state index contributed by atoms with van der Waals surface area (Å²) in [6.45, 7) is 8.82. The van der Waals surface area contributed by atoms with Gasteiger partial charge in [0.25, 0.3) is 0 Å².